The molecule has 1 heterocycles. The molecule has 0 amide bonds. The fourth-order valence-corrected chi connectivity index (χ4v) is 0.846. The maximum absolute atomic E-state index is 11.3. The lowest BCUT2D eigenvalue weighted by Crippen LogP contribution is -2.04. The first-order valence-corrected chi connectivity index (χ1v) is 4.20. The molecule has 0 spiro atoms. The average Bonchev–Trinajstić information content (AvgIpc) is 2.19. The summed E-state index contributed by atoms with van der Waals surface area (Å²) in [6.45, 7) is 2.78. The van der Waals surface area contributed by atoms with E-state index in [9.17, 15) is 4.79 Å². The van der Waals surface area contributed by atoms with Gasteiger partial charge in [-0.15, -0.1) is 0 Å². The van der Waals surface area contributed by atoms with Crippen LogP contribution in [-0.2, 0) is 0 Å². The van der Waals surface area contributed by atoms with Crippen LogP contribution in [0.1, 0.15) is 17.4 Å². The molecule has 0 bridgehead atoms. The van der Waals surface area contributed by atoms with Crippen molar-refractivity contribution in [2.24, 2.45) is 0 Å². The van der Waals surface area contributed by atoms with E-state index in [0.717, 1.165) is 6.54 Å². The van der Waals surface area contributed by atoms with Crippen molar-refractivity contribution in [3.8, 4) is 0 Å². The average molecular weight is 176 g/mol. The van der Waals surface area contributed by atoms with Crippen LogP contribution < -0.4 is 5.32 Å². The van der Waals surface area contributed by atoms with Crippen LogP contribution in [0.3, 0.4) is 0 Å². The summed E-state index contributed by atoms with van der Waals surface area (Å²) in [5.41, 5.74) is 0.469. The molecule has 0 atom stereocenters. The van der Waals surface area contributed by atoms with Crippen molar-refractivity contribution >= 4 is 5.78 Å². The van der Waals surface area contributed by atoms with E-state index in [-0.39, 0.29) is 5.78 Å². The van der Waals surface area contributed by atoms with E-state index >= 15 is 0 Å². The summed E-state index contributed by atoms with van der Waals surface area (Å²) in [5, 5.41) is 2.92. The van der Waals surface area contributed by atoms with E-state index < -0.39 is 0 Å². The van der Waals surface area contributed by atoms with Gasteiger partial charge in [0.25, 0.3) is 0 Å². The quantitative estimate of drug-likeness (QED) is 0.556. The van der Waals surface area contributed by atoms with Crippen molar-refractivity contribution in [1.29, 1.82) is 0 Å². The van der Waals surface area contributed by atoms with Gasteiger partial charge in [-0.05, 0) is 19.1 Å². The number of rotatable bonds is 4. The number of carbonyl (C=O) groups excluding carboxylic acids is 1. The minimum atomic E-state index is -0.0819. The Labute approximate surface area is 77.5 Å². The number of nitrogens with zero attached hydrogens (tertiary/aromatic N) is 1. The van der Waals surface area contributed by atoms with Gasteiger partial charge < -0.3 is 5.32 Å². The van der Waals surface area contributed by atoms with Gasteiger partial charge in [-0.2, -0.15) is 0 Å². The predicted octanol–water partition coefficient (Wildman–Crippen LogP) is 1.39. The van der Waals surface area contributed by atoms with Crippen LogP contribution in [-0.4, -0.2) is 17.3 Å². The summed E-state index contributed by atoms with van der Waals surface area (Å²) < 4.78 is 0. The molecule has 0 unspecified atom stereocenters. The van der Waals surface area contributed by atoms with Gasteiger partial charge >= 0.3 is 0 Å². The van der Waals surface area contributed by atoms with Crippen molar-refractivity contribution in [3.05, 3.63) is 42.4 Å². The second-order valence-corrected chi connectivity index (χ2v) is 2.47. The molecule has 3 nitrogen and oxygen atoms in total. The highest BCUT2D eigenvalue weighted by molar-refractivity contribution is 6.02. The zero-order chi connectivity index (χ0) is 9.52. The molecule has 3 heteroatoms. The predicted molar refractivity (Wildman–Crippen MR) is 51.4 cm³/mol. The molecule has 0 aliphatic carbocycles. The van der Waals surface area contributed by atoms with Gasteiger partial charge in [0, 0.05) is 25.0 Å². The lowest BCUT2D eigenvalue weighted by atomic mass is 10.2. The monoisotopic (exact) mass is 176 g/mol. The van der Waals surface area contributed by atoms with Gasteiger partial charge in [-0.1, -0.05) is 6.07 Å². The highest BCUT2D eigenvalue weighted by atomic mass is 16.1. The lowest BCUT2D eigenvalue weighted by Gasteiger charge is -1.93. The molecule has 0 fully saturated rings. The Morgan fingerprint density at radius 2 is 2.46 bits per heavy atom. The molecular formula is C10H12N2O. The molecule has 1 N–H and O–H groups in total. The summed E-state index contributed by atoms with van der Waals surface area (Å²) in [4.78, 5) is 15.3. The van der Waals surface area contributed by atoms with Crippen LogP contribution in [0.15, 0.2) is 36.7 Å². The topological polar surface area (TPSA) is 42.0 Å². The van der Waals surface area contributed by atoms with Gasteiger partial charge in [0.1, 0.15) is 5.69 Å². The minimum absolute atomic E-state index is 0.0819. The van der Waals surface area contributed by atoms with E-state index in [0.29, 0.717) is 5.69 Å². The van der Waals surface area contributed by atoms with Crippen molar-refractivity contribution in [2.75, 3.05) is 6.54 Å². The Kier molecular flexibility index (Phi) is 3.70. The molecule has 0 aliphatic heterocycles. The van der Waals surface area contributed by atoms with Crippen molar-refractivity contribution in [1.82, 2.24) is 10.3 Å². The zero-order valence-corrected chi connectivity index (χ0v) is 7.53. The molecular weight excluding hydrogens is 164 g/mol. The van der Waals surface area contributed by atoms with Gasteiger partial charge in [0.05, 0.1) is 0 Å². The second kappa shape index (κ2) is 5.09. The highest BCUT2D eigenvalue weighted by Gasteiger charge is 1.99. The Morgan fingerprint density at radius 3 is 3.08 bits per heavy atom. The second-order valence-electron chi connectivity index (χ2n) is 2.47. The Balaban J connectivity index is 2.59. The maximum atomic E-state index is 11.3. The summed E-state index contributed by atoms with van der Waals surface area (Å²) in [6, 6.07) is 5.27. The number of hydrogen-bond acceptors (Lipinski definition) is 3. The van der Waals surface area contributed by atoms with Crippen molar-refractivity contribution in [2.45, 2.75) is 6.92 Å². The van der Waals surface area contributed by atoms with Gasteiger partial charge in [-0.3, -0.25) is 9.78 Å². The SMILES string of the molecule is CCN/C=C/C(=O)c1ccccn1. The fourth-order valence-electron chi connectivity index (χ4n) is 0.846. The fraction of sp³-hybridized carbons (Fsp3) is 0.200. The molecule has 0 aliphatic rings. The number of hydrogen-bond donors (Lipinski definition) is 1. The number of ketones is 1. The van der Waals surface area contributed by atoms with Gasteiger partial charge in [-0.25, -0.2) is 0 Å². The van der Waals surface area contributed by atoms with Crippen LogP contribution in [0.2, 0.25) is 0 Å². The Bertz CT molecular complexity index is 293. The number of pyridine rings is 1. The maximum Gasteiger partial charge on any atom is 0.205 e. The Morgan fingerprint density at radius 1 is 1.62 bits per heavy atom. The highest BCUT2D eigenvalue weighted by Crippen LogP contribution is 1.95. The van der Waals surface area contributed by atoms with E-state index in [1.165, 1.54) is 6.08 Å². The molecule has 13 heavy (non-hydrogen) atoms. The van der Waals surface area contributed by atoms with Crippen LogP contribution in [0.5, 0.6) is 0 Å². The standard InChI is InChI=1S/C10H12N2O/c1-2-11-8-6-10(13)9-5-3-4-7-12-9/h3-8,11H,2H2,1H3/b8-6+. The first kappa shape index (κ1) is 9.45. The molecule has 68 valence electrons. The van der Waals surface area contributed by atoms with Crippen LogP contribution in [0.25, 0.3) is 0 Å². The number of allylic oxidation sites excluding steroid dienone is 1. The number of carbonyl (C=O) groups is 1. The first-order valence-electron chi connectivity index (χ1n) is 4.20. The van der Waals surface area contributed by atoms with E-state index in [4.69, 9.17) is 0 Å². The van der Waals surface area contributed by atoms with Gasteiger partial charge in [0.2, 0.25) is 5.78 Å². The zero-order valence-electron chi connectivity index (χ0n) is 7.53. The summed E-state index contributed by atoms with van der Waals surface area (Å²) in [6.07, 6.45) is 4.72. The molecule has 0 saturated carbocycles. The van der Waals surface area contributed by atoms with E-state index in [2.05, 4.69) is 10.3 Å². The third kappa shape index (κ3) is 3.07. The minimum Gasteiger partial charge on any atom is -0.391 e. The molecule has 1 aromatic rings. The van der Waals surface area contributed by atoms with Crippen molar-refractivity contribution < 1.29 is 4.79 Å². The first-order chi connectivity index (χ1) is 6.34. The van der Waals surface area contributed by atoms with Crippen LogP contribution >= 0.6 is 0 Å². The molecule has 0 radical (unpaired) electrons. The molecule has 1 rings (SSSR count). The van der Waals surface area contributed by atoms with E-state index in [1.54, 1.807) is 30.6 Å². The third-order valence-electron chi connectivity index (χ3n) is 1.47. The summed E-state index contributed by atoms with van der Waals surface area (Å²) in [7, 11) is 0. The Hall–Kier alpha value is -1.64. The number of aromatic nitrogens is 1. The lowest BCUT2D eigenvalue weighted by molar-refractivity contribution is 0.104. The summed E-state index contributed by atoms with van der Waals surface area (Å²) >= 11 is 0. The number of nitrogens with one attached hydrogen (secondary N) is 1. The van der Waals surface area contributed by atoms with Crippen LogP contribution in [0, 0.1) is 0 Å². The largest absolute Gasteiger partial charge is 0.391 e. The molecule has 1 aromatic heterocycles. The van der Waals surface area contributed by atoms with Crippen molar-refractivity contribution in [3.63, 3.8) is 0 Å². The molecule has 0 aromatic carbocycles. The third-order valence-corrected chi connectivity index (χ3v) is 1.47. The van der Waals surface area contributed by atoms with Gasteiger partial charge in [0.15, 0.2) is 0 Å². The molecule has 0 saturated heterocycles. The van der Waals surface area contributed by atoms with E-state index in [1.807, 2.05) is 6.92 Å². The van der Waals surface area contributed by atoms with Crippen LogP contribution in [0.4, 0.5) is 0 Å². The summed E-state index contributed by atoms with van der Waals surface area (Å²) in [5.74, 6) is -0.0819. The normalized spacial score (nSPS) is 10.2. The smallest absolute Gasteiger partial charge is 0.205 e.